The van der Waals surface area contributed by atoms with Crippen molar-refractivity contribution in [2.45, 2.75) is 39.0 Å². The molecule has 33 heavy (non-hydrogen) atoms. The number of carboxylic acid groups (broad SMARTS) is 1. The van der Waals surface area contributed by atoms with Crippen LogP contribution in [0.1, 0.15) is 47.3 Å². The molecule has 0 fully saturated rings. The van der Waals surface area contributed by atoms with Crippen LogP contribution in [0.25, 0.3) is 10.9 Å². The summed E-state index contributed by atoms with van der Waals surface area (Å²) in [5.41, 5.74) is -0.571. The van der Waals surface area contributed by atoms with Crippen LogP contribution in [0.2, 0.25) is 0 Å². The Morgan fingerprint density at radius 1 is 1.15 bits per heavy atom. The molecule has 0 aliphatic rings. The van der Waals surface area contributed by atoms with E-state index >= 15 is 0 Å². The van der Waals surface area contributed by atoms with Crippen molar-refractivity contribution >= 4 is 22.8 Å². The molecule has 1 unspecified atom stereocenters. The molecular weight excluding hydrogens is 453 g/mol. The third kappa shape index (κ3) is 4.48. The van der Waals surface area contributed by atoms with Crippen LogP contribution in [0.15, 0.2) is 30.3 Å². The molecule has 6 nitrogen and oxygen atoms in total. The Kier molecular flexibility index (Phi) is 6.35. The molecule has 2 N–H and O–H groups in total. The van der Waals surface area contributed by atoms with Crippen molar-refractivity contribution < 1.29 is 46.5 Å². The highest BCUT2D eigenvalue weighted by Crippen LogP contribution is 2.40. The minimum atomic E-state index is -4.93. The van der Waals surface area contributed by atoms with Crippen LogP contribution in [0.4, 0.5) is 22.0 Å². The monoisotopic (exact) mass is 471 g/mol. The van der Waals surface area contributed by atoms with Crippen LogP contribution in [0.5, 0.6) is 11.5 Å². The number of nitrogens with zero attached hydrogens (tertiary/aromatic N) is 1. The van der Waals surface area contributed by atoms with Gasteiger partial charge in [0.25, 0.3) is 5.91 Å². The average molecular weight is 471 g/mol. The maximum atomic E-state index is 14.9. The summed E-state index contributed by atoms with van der Waals surface area (Å²) >= 11 is 0. The Hall–Kier alpha value is -3.63. The second-order valence-corrected chi connectivity index (χ2v) is 7.31. The SMILES string of the molecule is CCCC(C(=O)O)c1c(C)n(C(=O)c2ccc(OC(F)(F)F)cc2)c2cc(F)c(O)c(F)c12. The van der Waals surface area contributed by atoms with Crippen LogP contribution in [-0.4, -0.2) is 33.0 Å². The molecular formula is C22H18F5NO5. The van der Waals surface area contributed by atoms with Gasteiger partial charge in [0.2, 0.25) is 0 Å². The first-order valence-electron chi connectivity index (χ1n) is 9.72. The minimum absolute atomic E-state index is 0.00429. The molecule has 1 aromatic heterocycles. The number of ether oxygens (including phenoxy) is 1. The number of carbonyl (C=O) groups is 2. The number of alkyl halides is 3. The number of phenolic OH excluding ortho intramolecular Hbond substituents is 1. The molecule has 0 spiro atoms. The fraction of sp³-hybridized carbons (Fsp3) is 0.273. The number of aromatic nitrogens is 1. The highest BCUT2D eigenvalue weighted by Gasteiger charge is 2.33. The van der Waals surface area contributed by atoms with Gasteiger partial charge in [-0.25, -0.2) is 8.78 Å². The molecule has 3 rings (SSSR count). The zero-order valence-electron chi connectivity index (χ0n) is 17.3. The summed E-state index contributed by atoms with van der Waals surface area (Å²) in [4.78, 5) is 25.1. The molecule has 0 aliphatic heterocycles. The average Bonchev–Trinajstić information content (AvgIpc) is 3.00. The fourth-order valence-corrected chi connectivity index (χ4v) is 3.81. The number of hydrogen-bond donors (Lipinski definition) is 2. The molecule has 1 atom stereocenters. The normalized spacial score (nSPS) is 12.7. The number of halogens is 5. The fourth-order valence-electron chi connectivity index (χ4n) is 3.81. The lowest BCUT2D eigenvalue weighted by atomic mass is 9.92. The summed E-state index contributed by atoms with van der Waals surface area (Å²) in [6.45, 7) is 3.04. The van der Waals surface area contributed by atoms with E-state index in [1.54, 1.807) is 6.92 Å². The smallest absolute Gasteiger partial charge is 0.503 e. The van der Waals surface area contributed by atoms with Crippen molar-refractivity contribution in [1.82, 2.24) is 4.57 Å². The van der Waals surface area contributed by atoms with Gasteiger partial charge in [0, 0.05) is 22.7 Å². The molecule has 0 saturated heterocycles. The highest BCUT2D eigenvalue weighted by molar-refractivity contribution is 6.05. The summed E-state index contributed by atoms with van der Waals surface area (Å²) in [5, 5.41) is 19.0. The zero-order chi connectivity index (χ0) is 24.7. The van der Waals surface area contributed by atoms with Crippen molar-refractivity contribution in [1.29, 1.82) is 0 Å². The van der Waals surface area contributed by atoms with Gasteiger partial charge in [-0.2, -0.15) is 0 Å². The number of fused-ring (bicyclic) bond motifs is 1. The number of benzene rings is 2. The van der Waals surface area contributed by atoms with Gasteiger partial charge in [-0.15, -0.1) is 13.2 Å². The van der Waals surface area contributed by atoms with E-state index in [0.717, 1.165) is 28.8 Å². The molecule has 176 valence electrons. The molecule has 0 bridgehead atoms. The summed E-state index contributed by atoms with van der Waals surface area (Å²) < 4.78 is 70.8. The molecule has 0 aliphatic carbocycles. The second kappa shape index (κ2) is 8.72. The van der Waals surface area contributed by atoms with E-state index < -0.39 is 52.7 Å². The number of aliphatic carboxylic acids is 1. The molecule has 1 heterocycles. The van der Waals surface area contributed by atoms with E-state index in [2.05, 4.69) is 4.74 Å². The van der Waals surface area contributed by atoms with Gasteiger partial charge < -0.3 is 14.9 Å². The lowest BCUT2D eigenvalue weighted by molar-refractivity contribution is -0.274. The van der Waals surface area contributed by atoms with Crippen molar-refractivity contribution in [3.8, 4) is 11.5 Å². The first-order valence-corrected chi connectivity index (χ1v) is 9.72. The van der Waals surface area contributed by atoms with E-state index in [1.807, 2.05) is 0 Å². The summed E-state index contributed by atoms with van der Waals surface area (Å²) in [5.74, 6) is -8.10. The minimum Gasteiger partial charge on any atom is -0.503 e. The molecule has 3 aromatic rings. The number of aromatic hydroxyl groups is 1. The largest absolute Gasteiger partial charge is 0.573 e. The standard InChI is InChI=1S/C22H18F5NO5/c1-3-4-13(21(31)32)16-10(2)28(15-9-14(23)19(29)18(24)17(15)16)20(30)11-5-7-12(8-6-11)33-22(25,26)27/h5-9,13,29H,3-4H2,1-2H3,(H,31,32). The quantitative estimate of drug-likeness (QED) is 0.464. The van der Waals surface area contributed by atoms with Crippen LogP contribution in [0, 0.1) is 18.6 Å². The van der Waals surface area contributed by atoms with Crippen molar-refractivity contribution in [2.24, 2.45) is 0 Å². The predicted molar refractivity (Wildman–Crippen MR) is 106 cm³/mol. The van der Waals surface area contributed by atoms with E-state index in [1.165, 1.54) is 6.92 Å². The molecule has 11 heteroatoms. The first-order chi connectivity index (χ1) is 15.4. The molecule has 0 saturated carbocycles. The summed E-state index contributed by atoms with van der Waals surface area (Å²) in [6, 6.07) is 4.55. The molecule has 0 radical (unpaired) electrons. The van der Waals surface area contributed by atoms with Crippen LogP contribution < -0.4 is 4.74 Å². The van der Waals surface area contributed by atoms with E-state index in [4.69, 9.17) is 0 Å². The molecule has 0 amide bonds. The van der Waals surface area contributed by atoms with E-state index in [0.29, 0.717) is 12.5 Å². The maximum Gasteiger partial charge on any atom is 0.573 e. The topological polar surface area (TPSA) is 88.8 Å². The van der Waals surface area contributed by atoms with Gasteiger partial charge in [-0.05, 0) is 43.2 Å². The van der Waals surface area contributed by atoms with Gasteiger partial charge in [-0.3, -0.25) is 14.2 Å². The predicted octanol–water partition coefficient (Wildman–Crippen LogP) is 5.49. The Bertz CT molecular complexity index is 1230. The van der Waals surface area contributed by atoms with Crippen LogP contribution in [-0.2, 0) is 4.79 Å². The number of carboxylic acids is 1. The number of carbonyl (C=O) groups excluding carboxylic acids is 1. The van der Waals surface area contributed by atoms with Gasteiger partial charge in [0.1, 0.15) is 5.75 Å². The Morgan fingerprint density at radius 2 is 1.76 bits per heavy atom. The van der Waals surface area contributed by atoms with Gasteiger partial charge in [0.15, 0.2) is 17.4 Å². The first kappa shape index (κ1) is 24.0. The maximum absolute atomic E-state index is 14.9. The van der Waals surface area contributed by atoms with E-state index in [-0.39, 0.29) is 28.8 Å². The van der Waals surface area contributed by atoms with E-state index in [9.17, 15) is 41.8 Å². The second-order valence-electron chi connectivity index (χ2n) is 7.31. The highest BCUT2D eigenvalue weighted by atomic mass is 19.4. The third-order valence-electron chi connectivity index (χ3n) is 5.17. The van der Waals surface area contributed by atoms with Crippen molar-refractivity contribution in [2.75, 3.05) is 0 Å². The third-order valence-corrected chi connectivity index (χ3v) is 5.17. The Morgan fingerprint density at radius 3 is 2.27 bits per heavy atom. The summed E-state index contributed by atoms with van der Waals surface area (Å²) in [7, 11) is 0. The van der Waals surface area contributed by atoms with Crippen molar-refractivity contribution in [3.63, 3.8) is 0 Å². The number of hydrogen-bond acceptors (Lipinski definition) is 4. The van der Waals surface area contributed by atoms with Gasteiger partial charge >= 0.3 is 12.3 Å². The molecule has 2 aromatic carbocycles. The van der Waals surface area contributed by atoms with Gasteiger partial charge in [0.05, 0.1) is 11.4 Å². The Balaban J connectivity index is 2.24. The lowest BCUT2D eigenvalue weighted by Crippen LogP contribution is -2.18. The van der Waals surface area contributed by atoms with Crippen LogP contribution in [0.3, 0.4) is 0 Å². The Labute approximate surface area is 183 Å². The van der Waals surface area contributed by atoms with Crippen molar-refractivity contribution in [3.05, 3.63) is 58.8 Å². The van der Waals surface area contributed by atoms with Gasteiger partial charge in [-0.1, -0.05) is 13.3 Å². The van der Waals surface area contributed by atoms with Crippen LogP contribution >= 0.6 is 0 Å². The zero-order valence-corrected chi connectivity index (χ0v) is 17.3. The number of rotatable bonds is 6. The summed E-state index contributed by atoms with van der Waals surface area (Å²) in [6.07, 6.45) is -4.47. The lowest BCUT2D eigenvalue weighted by Gasteiger charge is -2.13. The number of phenols is 1.